The highest BCUT2D eigenvalue weighted by Gasteiger charge is 2.69. The summed E-state index contributed by atoms with van der Waals surface area (Å²) in [5, 5.41) is 21.0. The van der Waals surface area contributed by atoms with Crippen LogP contribution in [0.1, 0.15) is 105 Å². The number of carbonyl (C=O) groups is 2. The van der Waals surface area contributed by atoms with Gasteiger partial charge in [-0.3, -0.25) is 14.5 Å². The lowest BCUT2D eigenvalue weighted by Crippen LogP contribution is -2.66. The van der Waals surface area contributed by atoms with Gasteiger partial charge in [0.1, 0.15) is 17.1 Å². The summed E-state index contributed by atoms with van der Waals surface area (Å²) >= 11 is 0. The summed E-state index contributed by atoms with van der Waals surface area (Å²) < 4.78 is 25.6. The zero-order valence-electron chi connectivity index (χ0n) is 32.8. The van der Waals surface area contributed by atoms with Crippen LogP contribution in [0.25, 0.3) is 10.4 Å². The highest BCUT2D eigenvalue weighted by molar-refractivity contribution is 6.74. The molecule has 0 spiro atoms. The van der Waals surface area contributed by atoms with Crippen LogP contribution in [-0.4, -0.2) is 88.6 Å². The Labute approximate surface area is 308 Å². The van der Waals surface area contributed by atoms with Crippen LogP contribution in [0.2, 0.25) is 18.1 Å². The van der Waals surface area contributed by atoms with Crippen molar-refractivity contribution in [3.63, 3.8) is 0 Å². The first kappa shape index (κ1) is 39.4. The van der Waals surface area contributed by atoms with Crippen molar-refractivity contribution < 1.29 is 33.1 Å². The van der Waals surface area contributed by atoms with E-state index in [1.54, 1.807) is 6.07 Å². The highest BCUT2D eigenvalue weighted by Crippen LogP contribution is 2.63. The van der Waals surface area contributed by atoms with Crippen LogP contribution in [0, 0.1) is 11.3 Å². The van der Waals surface area contributed by atoms with Crippen molar-refractivity contribution in [1.29, 1.82) is 0 Å². The van der Waals surface area contributed by atoms with Crippen LogP contribution in [0.5, 0.6) is 11.6 Å². The number of ketones is 2. The Kier molecular flexibility index (Phi) is 11.0. The number of rotatable bonds is 14. The molecule has 5 rings (SSSR count). The molecular formula is C38H56N6O7Si. The average Bonchev–Trinajstić information content (AvgIpc) is 3.47. The van der Waals surface area contributed by atoms with Crippen molar-refractivity contribution >= 4 is 25.6 Å². The molecule has 1 aromatic heterocycles. The molecule has 0 aliphatic heterocycles. The van der Waals surface area contributed by atoms with Crippen molar-refractivity contribution in [2.24, 2.45) is 16.4 Å². The first-order valence-corrected chi connectivity index (χ1v) is 21.3. The first-order valence-electron chi connectivity index (χ1n) is 18.4. The zero-order chi connectivity index (χ0) is 38.4. The van der Waals surface area contributed by atoms with Gasteiger partial charge < -0.3 is 28.4 Å². The second-order valence-corrected chi connectivity index (χ2v) is 21.2. The molecule has 0 unspecified atom stereocenters. The van der Waals surface area contributed by atoms with Crippen molar-refractivity contribution in [2.45, 2.75) is 103 Å². The van der Waals surface area contributed by atoms with Crippen molar-refractivity contribution in [3.05, 3.63) is 56.4 Å². The quantitative estimate of drug-likeness (QED) is 0.0657. The Hall–Kier alpha value is -3.84. The largest absolute Gasteiger partial charge is 0.508 e. The van der Waals surface area contributed by atoms with Gasteiger partial charge in [-0.2, -0.15) is 0 Å². The van der Waals surface area contributed by atoms with E-state index in [0.29, 0.717) is 30.3 Å². The number of Topliss-reactive ketones (excluding diaryl/α,β-unsaturated/α-hetero) is 2. The van der Waals surface area contributed by atoms with Crippen LogP contribution < -0.4 is 14.4 Å². The van der Waals surface area contributed by atoms with E-state index in [4.69, 9.17) is 18.4 Å². The Morgan fingerprint density at radius 3 is 2.31 bits per heavy atom. The topological polar surface area (TPSA) is 163 Å². The second-order valence-electron chi connectivity index (χ2n) is 16.5. The summed E-state index contributed by atoms with van der Waals surface area (Å²) in [5.74, 6) is -1.47. The number of fused-ring (bicyclic) bond motifs is 4. The maximum atomic E-state index is 15.5. The SMILES string of the molecule is CCCCOc1ccc(N(C)C)c2c1C(=O)C1=C(O)[C@]3(O[Si](C)(C)C(C)(C)C)C(=O)c4c(OCCCC)noc4[C@@H](N(C)C)[C@@H]3C[C@]1(CN=[N+]=[N-])C2. The Bertz CT molecular complexity index is 1790. The molecule has 0 amide bonds. The van der Waals surface area contributed by atoms with Gasteiger partial charge in [-0.1, -0.05) is 52.6 Å². The van der Waals surface area contributed by atoms with Crippen LogP contribution in [0.3, 0.4) is 0 Å². The van der Waals surface area contributed by atoms with E-state index in [0.717, 1.165) is 36.9 Å². The van der Waals surface area contributed by atoms with Crippen LogP contribution in [-0.2, 0) is 10.8 Å². The number of aliphatic hydroxyl groups excluding tert-OH is 1. The predicted molar refractivity (Wildman–Crippen MR) is 202 cm³/mol. The molecule has 0 saturated carbocycles. The standard InChI is InChI=1S/C38H56N6O7Si/c1-12-14-18-48-26-17-16-25(43(6)7)23-20-37(22-40-42-39)21-24-30(44(8)9)32-28(35(41-50-32)49-19-15-13-2)33(46)38(24,51-52(10,11)36(3,4)5)34(47)29(37)31(45)27(23)26/h16-17,24,30,47H,12-15,18-22H2,1-11H3/t24-,30-,37-,38+/m0/s1. The van der Waals surface area contributed by atoms with Crippen LogP contribution in [0.4, 0.5) is 5.69 Å². The van der Waals surface area contributed by atoms with Gasteiger partial charge in [0.25, 0.3) is 5.88 Å². The summed E-state index contributed by atoms with van der Waals surface area (Å²) in [5.41, 5.74) is 8.54. The van der Waals surface area contributed by atoms with Gasteiger partial charge >= 0.3 is 0 Å². The van der Waals surface area contributed by atoms with Gasteiger partial charge in [0.05, 0.1) is 24.8 Å². The molecule has 0 saturated heterocycles. The van der Waals surface area contributed by atoms with Gasteiger partial charge in [-0.15, -0.1) is 0 Å². The lowest BCUT2D eigenvalue weighted by Gasteiger charge is -2.58. The number of anilines is 1. The fraction of sp³-hybridized carbons (Fsp3) is 0.658. The molecule has 1 heterocycles. The molecule has 1 N–H and O–H groups in total. The highest BCUT2D eigenvalue weighted by atomic mass is 28.4. The third kappa shape index (κ3) is 6.31. The molecule has 0 radical (unpaired) electrons. The number of unbranched alkanes of at least 4 members (excludes halogenated alkanes) is 2. The minimum Gasteiger partial charge on any atom is -0.508 e. The number of ether oxygens (including phenoxy) is 2. The van der Waals surface area contributed by atoms with Gasteiger partial charge in [0.2, 0.25) is 5.78 Å². The third-order valence-corrected chi connectivity index (χ3v) is 16.0. The van der Waals surface area contributed by atoms with E-state index < -0.39 is 48.6 Å². The molecule has 4 atom stereocenters. The number of aromatic nitrogens is 1. The molecule has 3 aliphatic carbocycles. The second kappa shape index (κ2) is 14.5. The number of benzene rings is 1. The Morgan fingerprint density at radius 1 is 1.08 bits per heavy atom. The number of nitrogens with zero attached hydrogens (tertiary/aromatic N) is 6. The monoisotopic (exact) mass is 736 g/mol. The number of carbonyl (C=O) groups excluding carboxylic acids is 2. The maximum absolute atomic E-state index is 15.5. The van der Waals surface area contributed by atoms with Gasteiger partial charge in [0.15, 0.2) is 25.5 Å². The normalized spacial score (nSPS) is 24.2. The fourth-order valence-corrected chi connectivity index (χ4v) is 9.39. The Balaban J connectivity index is 1.89. The summed E-state index contributed by atoms with van der Waals surface area (Å²) in [7, 11) is 4.66. The van der Waals surface area contributed by atoms with E-state index in [9.17, 15) is 10.6 Å². The van der Waals surface area contributed by atoms with E-state index >= 15 is 9.59 Å². The average molecular weight is 737 g/mol. The smallest absolute Gasteiger partial charge is 0.265 e. The summed E-state index contributed by atoms with van der Waals surface area (Å²) in [4.78, 5) is 37.8. The van der Waals surface area contributed by atoms with E-state index in [-0.39, 0.29) is 41.4 Å². The molecule has 1 aromatic carbocycles. The minimum absolute atomic E-state index is 0.0258. The molecule has 284 valence electrons. The van der Waals surface area contributed by atoms with Gasteiger partial charge in [0, 0.05) is 48.1 Å². The molecule has 2 aromatic rings. The van der Waals surface area contributed by atoms with E-state index in [2.05, 4.69) is 42.9 Å². The summed E-state index contributed by atoms with van der Waals surface area (Å²) in [6, 6.07) is 3.10. The molecule has 13 nitrogen and oxygen atoms in total. The molecule has 0 bridgehead atoms. The number of aliphatic hydroxyl groups is 1. The molecule has 52 heavy (non-hydrogen) atoms. The van der Waals surface area contributed by atoms with Crippen LogP contribution in [0.15, 0.2) is 33.1 Å². The lowest BCUT2D eigenvalue weighted by molar-refractivity contribution is -0.0590. The zero-order valence-corrected chi connectivity index (χ0v) is 33.8. The predicted octanol–water partition coefficient (Wildman–Crippen LogP) is 8.23. The van der Waals surface area contributed by atoms with E-state index in [1.807, 2.05) is 64.1 Å². The molecular weight excluding hydrogens is 681 g/mol. The number of azide groups is 1. The minimum atomic E-state index is -2.91. The summed E-state index contributed by atoms with van der Waals surface area (Å²) in [6.07, 6.45) is 3.73. The fourth-order valence-electron chi connectivity index (χ4n) is 7.94. The van der Waals surface area contributed by atoms with Crippen molar-refractivity contribution in [1.82, 2.24) is 10.1 Å². The number of hydrogen-bond donors (Lipinski definition) is 1. The van der Waals surface area contributed by atoms with E-state index in [1.165, 1.54) is 0 Å². The summed E-state index contributed by atoms with van der Waals surface area (Å²) in [6.45, 7) is 15.0. The van der Waals surface area contributed by atoms with Crippen molar-refractivity contribution in [3.8, 4) is 11.6 Å². The Morgan fingerprint density at radius 2 is 1.73 bits per heavy atom. The lowest BCUT2D eigenvalue weighted by atomic mass is 9.52. The first-order chi connectivity index (χ1) is 24.4. The van der Waals surface area contributed by atoms with Gasteiger partial charge in [-0.25, -0.2) is 0 Å². The van der Waals surface area contributed by atoms with Crippen LogP contribution >= 0.6 is 0 Å². The molecule has 3 aliphatic rings. The van der Waals surface area contributed by atoms with Gasteiger partial charge in [-0.05, 0) is 86.3 Å². The molecule has 14 heteroatoms. The maximum Gasteiger partial charge on any atom is 0.265 e. The third-order valence-electron chi connectivity index (χ3n) is 11.6. The van der Waals surface area contributed by atoms with Crippen molar-refractivity contribution in [2.75, 3.05) is 52.8 Å². The number of hydrogen-bond acceptors (Lipinski definition) is 11. The molecule has 0 fully saturated rings.